The van der Waals surface area contributed by atoms with E-state index in [1.165, 1.54) is 12.1 Å². The number of anilines is 1. The normalized spacial score (nSPS) is 10.6. The number of nitrogens with one attached hydrogen (secondary N) is 2. The van der Waals surface area contributed by atoms with Gasteiger partial charge in [0.15, 0.2) is 0 Å². The Morgan fingerprint density at radius 1 is 1.35 bits per heavy atom. The van der Waals surface area contributed by atoms with Crippen LogP contribution in [0.5, 0.6) is 0 Å². The summed E-state index contributed by atoms with van der Waals surface area (Å²) in [6.07, 6.45) is 1.62. The second-order valence-electron chi connectivity index (χ2n) is 3.62. The Labute approximate surface area is 105 Å². The Bertz CT molecular complexity index is 516. The van der Waals surface area contributed by atoms with Crippen LogP contribution in [0.4, 0.5) is 14.5 Å². The predicted octanol–water partition coefficient (Wildman–Crippen LogP) is 3.37. The largest absolute Gasteiger partial charge is 0.376 e. The highest BCUT2D eigenvalue weighted by Gasteiger charge is 2.10. The summed E-state index contributed by atoms with van der Waals surface area (Å²) in [6.45, 7) is 2.16. The van der Waals surface area contributed by atoms with E-state index in [0.29, 0.717) is 11.0 Å². The lowest BCUT2D eigenvalue weighted by molar-refractivity contribution is 0.586. The number of aromatic amines is 1. The summed E-state index contributed by atoms with van der Waals surface area (Å²) in [5.41, 5.74) is 1.61. The average molecular weight is 302 g/mol. The van der Waals surface area contributed by atoms with E-state index in [1.54, 1.807) is 6.20 Å². The van der Waals surface area contributed by atoms with Gasteiger partial charge >= 0.3 is 0 Å². The molecule has 2 rings (SSSR count). The quantitative estimate of drug-likeness (QED) is 0.912. The zero-order chi connectivity index (χ0) is 12.4. The van der Waals surface area contributed by atoms with Gasteiger partial charge in [0, 0.05) is 22.3 Å². The Kier molecular flexibility index (Phi) is 3.42. The maximum atomic E-state index is 13.5. The minimum atomic E-state index is -0.627. The summed E-state index contributed by atoms with van der Waals surface area (Å²) >= 11 is 3.03. The van der Waals surface area contributed by atoms with Crippen LogP contribution in [0.15, 0.2) is 22.8 Å². The molecule has 17 heavy (non-hydrogen) atoms. The van der Waals surface area contributed by atoms with Crippen molar-refractivity contribution < 1.29 is 8.78 Å². The Morgan fingerprint density at radius 3 is 2.53 bits per heavy atom. The molecule has 0 bridgehead atoms. The van der Waals surface area contributed by atoms with Gasteiger partial charge in [0.05, 0.1) is 6.20 Å². The number of hydrogen-bond acceptors (Lipinski definition) is 2. The molecule has 0 aliphatic carbocycles. The van der Waals surface area contributed by atoms with Crippen LogP contribution in [0.2, 0.25) is 0 Å². The highest BCUT2D eigenvalue weighted by molar-refractivity contribution is 9.10. The average Bonchev–Trinajstić information content (AvgIpc) is 2.62. The molecular formula is C11H10BrF2N3. The minimum Gasteiger partial charge on any atom is -0.376 e. The van der Waals surface area contributed by atoms with Gasteiger partial charge in [-0.3, -0.25) is 5.10 Å². The van der Waals surface area contributed by atoms with Crippen LogP contribution in [0.1, 0.15) is 11.3 Å². The first-order chi connectivity index (χ1) is 8.08. The van der Waals surface area contributed by atoms with E-state index in [1.807, 2.05) is 6.92 Å². The van der Waals surface area contributed by atoms with Crippen LogP contribution in [-0.2, 0) is 6.54 Å². The highest BCUT2D eigenvalue weighted by atomic mass is 79.9. The molecule has 0 aliphatic rings. The number of H-pyrrole nitrogens is 1. The third-order valence-electron chi connectivity index (χ3n) is 2.40. The Morgan fingerprint density at radius 2 is 2.00 bits per heavy atom. The van der Waals surface area contributed by atoms with Crippen molar-refractivity contribution in [1.82, 2.24) is 10.2 Å². The van der Waals surface area contributed by atoms with Crippen LogP contribution in [-0.4, -0.2) is 10.2 Å². The molecule has 6 heteroatoms. The number of halogens is 3. The molecule has 0 unspecified atom stereocenters. The molecule has 0 saturated carbocycles. The minimum absolute atomic E-state index is 0.131. The van der Waals surface area contributed by atoms with E-state index in [-0.39, 0.29) is 5.69 Å². The van der Waals surface area contributed by atoms with Crippen molar-refractivity contribution in [3.8, 4) is 0 Å². The van der Waals surface area contributed by atoms with E-state index >= 15 is 0 Å². The van der Waals surface area contributed by atoms with Crippen LogP contribution < -0.4 is 5.32 Å². The third kappa shape index (κ3) is 2.63. The summed E-state index contributed by atoms with van der Waals surface area (Å²) in [5.74, 6) is -1.25. The van der Waals surface area contributed by atoms with Crippen LogP contribution in [0.25, 0.3) is 0 Å². The second-order valence-corrected chi connectivity index (χ2v) is 4.53. The first kappa shape index (κ1) is 12.0. The SMILES string of the molecule is Cc1[nH]ncc1CNc1c(F)cc(Br)cc1F. The van der Waals surface area contributed by atoms with Crippen molar-refractivity contribution in [3.63, 3.8) is 0 Å². The van der Waals surface area contributed by atoms with E-state index in [2.05, 4.69) is 31.4 Å². The monoisotopic (exact) mass is 301 g/mol. The number of benzene rings is 1. The van der Waals surface area contributed by atoms with Crippen molar-refractivity contribution in [3.05, 3.63) is 45.7 Å². The van der Waals surface area contributed by atoms with E-state index in [4.69, 9.17) is 0 Å². The molecule has 0 atom stereocenters. The summed E-state index contributed by atoms with van der Waals surface area (Å²) in [5, 5.41) is 9.31. The van der Waals surface area contributed by atoms with Gasteiger partial charge in [-0.15, -0.1) is 0 Å². The molecule has 1 aromatic heterocycles. The Balaban J connectivity index is 2.17. The van der Waals surface area contributed by atoms with Crippen LogP contribution >= 0.6 is 15.9 Å². The molecule has 90 valence electrons. The predicted molar refractivity (Wildman–Crippen MR) is 64.7 cm³/mol. The molecule has 0 spiro atoms. The fourth-order valence-electron chi connectivity index (χ4n) is 1.45. The molecule has 1 aromatic carbocycles. The fourth-order valence-corrected chi connectivity index (χ4v) is 1.85. The van der Waals surface area contributed by atoms with E-state index in [9.17, 15) is 8.78 Å². The fraction of sp³-hybridized carbons (Fsp3) is 0.182. The van der Waals surface area contributed by atoms with Gasteiger partial charge < -0.3 is 5.32 Å². The van der Waals surface area contributed by atoms with E-state index < -0.39 is 11.6 Å². The van der Waals surface area contributed by atoms with Crippen molar-refractivity contribution in [1.29, 1.82) is 0 Å². The van der Waals surface area contributed by atoms with Crippen molar-refractivity contribution >= 4 is 21.6 Å². The first-order valence-corrected chi connectivity index (χ1v) is 5.74. The standard InChI is InChI=1S/C11H10BrF2N3/c1-6-7(5-16-17-6)4-15-11-9(13)2-8(12)3-10(11)14/h2-3,5,15H,4H2,1H3,(H,16,17). The lowest BCUT2D eigenvalue weighted by Crippen LogP contribution is -2.04. The van der Waals surface area contributed by atoms with Gasteiger partial charge in [0.1, 0.15) is 17.3 Å². The number of hydrogen-bond donors (Lipinski definition) is 2. The summed E-state index contributed by atoms with van der Waals surface area (Å²) < 4.78 is 27.3. The zero-order valence-electron chi connectivity index (χ0n) is 9.02. The number of aryl methyl sites for hydroxylation is 1. The van der Waals surface area contributed by atoms with Gasteiger partial charge in [0.2, 0.25) is 0 Å². The number of aromatic nitrogens is 2. The molecule has 0 saturated heterocycles. The molecule has 0 amide bonds. The van der Waals surface area contributed by atoms with Gasteiger partial charge in [-0.2, -0.15) is 5.10 Å². The van der Waals surface area contributed by atoms with Crippen LogP contribution in [0, 0.1) is 18.6 Å². The molecular weight excluding hydrogens is 292 g/mol. The van der Waals surface area contributed by atoms with Gasteiger partial charge in [-0.05, 0) is 19.1 Å². The zero-order valence-corrected chi connectivity index (χ0v) is 10.6. The maximum absolute atomic E-state index is 13.5. The molecule has 2 N–H and O–H groups in total. The van der Waals surface area contributed by atoms with Gasteiger partial charge in [-0.25, -0.2) is 8.78 Å². The molecule has 0 fully saturated rings. The van der Waals surface area contributed by atoms with Crippen molar-refractivity contribution in [2.45, 2.75) is 13.5 Å². The molecule has 2 aromatic rings. The summed E-state index contributed by atoms with van der Waals surface area (Å²) in [4.78, 5) is 0. The smallest absolute Gasteiger partial charge is 0.150 e. The van der Waals surface area contributed by atoms with Gasteiger partial charge in [-0.1, -0.05) is 15.9 Å². The number of nitrogens with zero attached hydrogens (tertiary/aromatic N) is 1. The number of rotatable bonds is 3. The van der Waals surface area contributed by atoms with Crippen molar-refractivity contribution in [2.75, 3.05) is 5.32 Å². The molecule has 0 radical (unpaired) electrons. The summed E-state index contributed by atoms with van der Waals surface area (Å²) in [6, 6.07) is 2.43. The lowest BCUT2D eigenvalue weighted by Gasteiger charge is -2.08. The third-order valence-corrected chi connectivity index (χ3v) is 2.85. The second kappa shape index (κ2) is 4.83. The Hall–Kier alpha value is -1.43. The molecule has 3 nitrogen and oxygen atoms in total. The van der Waals surface area contributed by atoms with Crippen LogP contribution in [0.3, 0.4) is 0 Å². The maximum Gasteiger partial charge on any atom is 0.150 e. The van der Waals surface area contributed by atoms with E-state index in [0.717, 1.165) is 11.3 Å². The topological polar surface area (TPSA) is 40.7 Å². The molecule has 0 aliphatic heterocycles. The summed E-state index contributed by atoms with van der Waals surface area (Å²) in [7, 11) is 0. The highest BCUT2D eigenvalue weighted by Crippen LogP contribution is 2.24. The van der Waals surface area contributed by atoms with Crippen molar-refractivity contribution in [2.24, 2.45) is 0 Å². The first-order valence-electron chi connectivity index (χ1n) is 4.95. The van der Waals surface area contributed by atoms with Gasteiger partial charge in [0.25, 0.3) is 0 Å². The lowest BCUT2D eigenvalue weighted by atomic mass is 10.2. The molecule has 1 heterocycles.